The number of imide groups is 4. The normalized spacial score (nSPS) is 12.5. The lowest BCUT2D eigenvalue weighted by Crippen LogP contribution is -2.67. The molecular weight excluding hydrogens is 1250 g/mol. The van der Waals surface area contributed by atoms with E-state index in [1.165, 1.54) is 19.3 Å². The molecular formula is C64H117N15O17. The van der Waals surface area contributed by atoms with E-state index in [0.29, 0.717) is 0 Å². The summed E-state index contributed by atoms with van der Waals surface area (Å²) in [6.07, 6.45) is -0.844. The van der Waals surface area contributed by atoms with Crippen LogP contribution in [0.1, 0.15) is 271 Å². The fraction of sp³-hybridized carbons (Fsp3) is 0.766. The van der Waals surface area contributed by atoms with Crippen molar-refractivity contribution < 1.29 is 42.3 Å². The second-order valence-corrected chi connectivity index (χ2v) is 27.9. The number of carbonyl (C=O) groups excluding carboxylic acids is 6. The maximum Gasteiger partial charge on any atom is 0.427 e. The van der Waals surface area contributed by atoms with Crippen LogP contribution in [-0.4, -0.2) is 142 Å². The zero-order valence-electron chi connectivity index (χ0n) is 63.5. The molecule has 0 bridgehead atoms. The summed E-state index contributed by atoms with van der Waals surface area (Å²) >= 11 is 0. The fourth-order valence-corrected chi connectivity index (χ4v) is 8.45. The van der Waals surface area contributed by atoms with Crippen molar-refractivity contribution in [3.63, 3.8) is 0 Å². The first-order valence-electron chi connectivity index (χ1n) is 32.8. The van der Waals surface area contributed by atoms with Crippen molar-refractivity contribution in [2.45, 2.75) is 325 Å². The lowest BCUT2D eigenvalue weighted by Gasteiger charge is -2.43. The van der Waals surface area contributed by atoms with Crippen molar-refractivity contribution >= 4 is 36.2 Å². The molecule has 96 heavy (non-hydrogen) atoms. The van der Waals surface area contributed by atoms with Crippen LogP contribution in [-0.2, 0) is 4.74 Å². The number of amides is 11. The molecule has 1 saturated heterocycles. The Balaban J connectivity index is 0. The van der Waals surface area contributed by atoms with Crippen LogP contribution in [0.15, 0.2) is 52.2 Å². The molecule has 0 aliphatic carbocycles. The molecule has 0 radical (unpaired) electrons. The number of carbonyl (C=O) groups is 6. The first-order valence-corrected chi connectivity index (χ1v) is 32.8. The van der Waals surface area contributed by atoms with Gasteiger partial charge in [-0.3, -0.25) is 0 Å². The number of nitrogens with one attached hydrogen (secondary N) is 3. The molecule has 32 heteroatoms. The van der Waals surface area contributed by atoms with Gasteiger partial charge in [-0.15, -0.1) is 0 Å². The Kier molecular flexibility index (Phi) is 36.5. The molecule has 550 valence electrons. The maximum atomic E-state index is 12.4. The molecule has 1 aliphatic rings. The van der Waals surface area contributed by atoms with Crippen molar-refractivity contribution in [3.05, 3.63) is 89.8 Å². The number of rotatable bonds is 15. The molecule has 0 unspecified atom stereocenters. The van der Waals surface area contributed by atoms with Gasteiger partial charge in [-0.2, -0.15) is 0 Å². The Labute approximate surface area is 563 Å². The van der Waals surface area contributed by atoms with Gasteiger partial charge in [0, 0.05) is 84.6 Å². The maximum absolute atomic E-state index is 12.4. The molecule has 0 saturated carbocycles. The minimum Gasteiger partial charge on any atom is -0.446 e. The average molecular weight is 1370 g/mol. The van der Waals surface area contributed by atoms with Gasteiger partial charge in [0.15, 0.2) is 0 Å². The predicted octanol–water partition coefficient (Wildman–Crippen LogP) is 8.46. The highest BCUT2D eigenvalue weighted by Crippen LogP contribution is 2.21. The number of nitrogens with zero attached hydrogens (tertiary/aromatic N) is 12. The predicted molar refractivity (Wildman–Crippen MR) is 369 cm³/mol. The molecule has 0 atom stereocenters. The van der Waals surface area contributed by atoms with Gasteiger partial charge in [0.05, 0.1) is 11.6 Å². The van der Waals surface area contributed by atoms with Gasteiger partial charge in [-0.25, -0.2) is 124 Å². The third kappa shape index (κ3) is 26.3. The summed E-state index contributed by atoms with van der Waals surface area (Å²) in [6, 6.07) is -3.82. The number of ether oxygens (including phenoxy) is 1. The zero-order valence-corrected chi connectivity index (χ0v) is 63.5. The van der Waals surface area contributed by atoms with Crippen LogP contribution in [0.5, 0.6) is 0 Å². The van der Waals surface area contributed by atoms with E-state index in [1.54, 1.807) is 125 Å². The fourth-order valence-electron chi connectivity index (χ4n) is 8.45. The Hall–Kier alpha value is -8.35. The summed E-state index contributed by atoms with van der Waals surface area (Å²) in [5.41, 5.74) is -2.96. The summed E-state index contributed by atoms with van der Waals surface area (Å²) in [4.78, 5) is 174. The molecule has 1 aliphatic heterocycles. The van der Waals surface area contributed by atoms with Crippen LogP contribution in [0.4, 0.5) is 28.8 Å². The van der Waals surface area contributed by atoms with E-state index in [2.05, 4.69) is 25.4 Å². The van der Waals surface area contributed by atoms with Crippen LogP contribution in [0.3, 0.4) is 0 Å². The summed E-state index contributed by atoms with van der Waals surface area (Å²) in [6.45, 7) is 59.1. The Morgan fingerprint density at radius 1 is 0.354 bits per heavy atom. The van der Waals surface area contributed by atoms with E-state index in [1.807, 2.05) is 104 Å². The van der Waals surface area contributed by atoms with Crippen LogP contribution in [0.25, 0.3) is 0 Å². The average Bonchev–Trinajstić information content (AvgIpc) is 0.784. The molecule has 4 rings (SSSR count). The second-order valence-electron chi connectivity index (χ2n) is 27.9. The molecule has 3 aromatic heterocycles. The zero-order chi connectivity index (χ0) is 76.1. The molecule has 32 nitrogen and oxygen atoms in total. The highest BCUT2D eigenvalue weighted by Gasteiger charge is 2.46. The van der Waals surface area contributed by atoms with E-state index in [0.717, 1.165) is 32.3 Å². The van der Waals surface area contributed by atoms with E-state index in [9.17, 15) is 67.1 Å². The van der Waals surface area contributed by atoms with Crippen molar-refractivity contribution in [2.75, 3.05) is 0 Å². The Bertz CT molecular complexity index is 3350. The summed E-state index contributed by atoms with van der Waals surface area (Å²) in [7, 11) is 0. The highest BCUT2D eigenvalue weighted by molar-refractivity contribution is 6.12. The summed E-state index contributed by atoms with van der Waals surface area (Å²) in [5, 5.41) is 8.07. The largest absolute Gasteiger partial charge is 0.446 e. The molecule has 3 N–H and O–H groups in total. The van der Waals surface area contributed by atoms with Crippen LogP contribution < -0.4 is 67.4 Å². The second kappa shape index (κ2) is 39.0. The highest BCUT2D eigenvalue weighted by atomic mass is 16.6. The standard InChI is InChI=1S/C13H23N3O3.C12H21N3O3.C11H23N3O2.C11H22N2O3.C9H14N2O4.C8H14N2O2/c1-8(2)15-10(14-13(5,6)7)19-12(18)16(9(3)4)11(15)17;1-7(2)13-10(16)14(8(3)4)12(18)15(9(5)6)11(13)17;1-7(2)12-10(15)14(9(5)6)11(16)13-8(3)4;1-7(2)12-10(14)13(8(3)4)11(15)16-9(5)6;1-5(2)10-7(12)11(6(3)4)9(14)15-8(10)13;1-5(2)9-7(11)10(6(3)4)8(9)12/h8-9H,1-7H3;7-9H,1-6H3;7-9H,1-6H3,(H,12,15)(H,13,16);7-9H,1-6H3,(H,12,14);5-6H,1-4H3;5-6H,1-4H3. The first kappa shape index (κ1) is 89.7. The molecule has 0 aromatic carbocycles. The van der Waals surface area contributed by atoms with Gasteiger partial charge >= 0.3 is 87.7 Å². The molecule has 1 fully saturated rings. The van der Waals surface area contributed by atoms with Crippen LogP contribution in [0, 0.1) is 0 Å². The third-order valence-corrected chi connectivity index (χ3v) is 12.6. The Morgan fingerprint density at radius 3 is 0.812 bits per heavy atom. The lowest BCUT2D eigenvalue weighted by atomic mass is 10.1. The molecule has 0 spiro atoms. The molecule has 4 heterocycles. The summed E-state index contributed by atoms with van der Waals surface area (Å²) in [5.74, 6) is -2.48. The van der Waals surface area contributed by atoms with Crippen molar-refractivity contribution in [3.8, 4) is 0 Å². The molecule has 3 aromatic rings. The van der Waals surface area contributed by atoms with Gasteiger partial charge in [0.2, 0.25) is 0 Å². The SMILES string of the molecule is CC(C)N1C(=O)N(C(C)C)C1=O.CC(C)NC(=O)N(C(=O)NC(C)C)C(C)C.CC(C)NC(=O)N(C(=O)OC(C)C)C(C)C.CC(C)n1c(=O)n(C(C)C)c(=O)n(C(C)C)c1=O.CC(C)n1c(=O)oc(=NC(C)(C)C)n(C(C)C)c1=O.CC(C)n1c(=O)oc(=O)n(C(C)C)c1=O. The van der Waals surface area contributed by atoms with Crippen LogP contribution in [0.2, 0.25) is 0 Å². The van der Waals surface area contributed by atoms with E-state index < -0.39 is 57.7 Å². The van der Waals surface area contributed by atoms with Crippen molar-refractivity contribution in [1.29, 1.82) is 0 Å². The summed E-state index contributed by atoms with van der Waals surface area (Å²) < 4.78 is 22.4. The minimum absolute atomic E-state index is 0.0133. The number of aromatic nitrogens is 7. The van der Waals surface area contributed by atoms with E-state index in [4.69, 9.17) is 9.15 Å². The monoisotopic (exact) mass is 1370 g/mol. The van der Waals surface area contributed by atoms with Gasteiger partial charge in [-0.1, -0.05) is 0 Å². The van der Waals surface area contributed by atoms with Gasteiger partial charge in [0.25, 0.3) is 0 Å². The smallest absolute Gasteiger partial charge is 0.427 e. The minimum atomic E-state index is -0.906. The molecule has 11 amide bonds. The third-order valence-electron chi connectivity index (χ3n) is 12.6. The first-order chi connectivity index (χ1) is 43.6. The number of hydrogen-bond acceptors (Lipinski definition) is 18. The van der Waals surface area contributed by atoms with Crippen molar-refractivity contribution in [1.82, 2.24) is 67.5 Å². The Morgan fingerprint density at radius 2 is 0.594 bits per heavy atom. The number of urea groups is 5. The van der Waals surface area contributed by atoms with Crippen molar-refractivity contribution in [2.24, 2.45) is 4.99 Å². The quantitative estimate of drug-likeness (QED) is 0.128. The van der Waals surface area contributed by atoms with Gasteiger partial charge in [0.1, 0.15) is 0 Å². The van der Waals surface area contributed by atoms with Crippen LogP contribution >= 0.6 is 0 Å². The van der Waals surface area contributed by atoms with Gasteiger partial charge in [-0.05, 0) is 228 Å². The number of hydrogen-bond donors (Lipinski definition) is 3. The van der Waals surface area contributed by atoms with Gasteiger partial charge < -0.3 is 29.5 Å². The topological polar surface area (TPSA) is 370 Å². The van der Waals surface area contributed by atoms with E-state index >= 15 is 0 Å². The lowest BCUT2D eigenvalue weighted by molar-refractivity contribution is 0.0769. The van der Waals surface area contributed by atoms with E-state index in [-0.39, 0.29) is 126 Å².